The maximum absolute atomic E-state index is 8.36. The first-order valence-corrected chi connectivity index (χ1v) is 11.8. The third-order valence-electron chi connectivity index (χ3n) is 6.41. The second-order valence-electron chi connectivity index (χ2n) is 9.77. The molecule has 7 nitrogen and oxygen atoms in total. The van der Waals surface area contributed by atoms with Gasteiger partial charge in [-0.2, -0.15) is 0 Å². The molecule has 2 bridgehead atoms. The summed E-state index contributed by atoms with van der Waals surface area (Å²) in [6.07, 6.45) is 6.78. The van der Waals surface area contributed by atoms with E-state index in [1.165, 1.54) is 11.1 Å². The zero-order valence-electron chi connectivity index (χ0n) is 21.0. The Balaban J connectivity index is 0.00000108. The summed E-state index contributed by atoms with van der Waals surface area (Å²) in [5, 5.41) is 10.1. The first kappa shape index (κ1) is 26.2. The molecule has 1 aromatic heterocycles. The first-order valence-electron chi connectivity index (χ1n) is 11.8. The normalized spacial score (nSPS) is 16.4. The molecule has 2 aromatic rings. The highest BCUT2D eigenvalue weighted by Gasteiger charge is 2.45. The van der Waals surface area contributed by atoms with Crippen molar-refractivity contribution in [1.29, 1.82) is 0 Å². The molecule has 7 heteroatoms. The number of rotatable bonds is 8. The molecule has 0 atom stereocenters. The number of nitrogens with zero attached hydrogens (tertiary/aromatic N) is 2. The van der Waals surface area contributed by atoms with Crippen molar-refractivity contribution in [3.05, 3.63) is 65.7 Å². The molecule has 2 N–H and O–H groups in total. The fourth-order valence-corrected chi connectivity index (χ4v) is 4.25. The number of aliphatic imine (C=N–C) groups is 1. The van der Waals surface area contributed by atoms with Crippen LogP contribution in [0, 0.1) is 5.41 Å². The number of fused-ring (bicyclic) bond motifs is 2. The van der Waals surface area contributed by atoms with Gasteiger partial charge in [0.15, 0.2) is 6.73 Å². The van der Waals surface area contributed by atoms with Crippen LogP contribution in [0.3, 0.4) is 0 Å². The van der Waals surface area contributed by atoms with Crippen molar-refractivity contribution in [2.75, 3.05) is 18.7 Å². The van der Waals surface area contributed by atoms with Gasteiger partial charge in [0.2, 0.25) is 0 Å². The Morgan fingerprint density at radius 1 is 1.23 bits per heavy atom. The Morgan fingerprint density at radius 2 is 1.89 bits per heavy atom. The molecule has 3 aliphatic rings. The minimum atomic E-state index is -0.250. The van der Waals surface area contributed by atoms with Gasteiger partial charge in [0, 0.05) is 11.0 Å². The molecule has 0 amide bonds. The molecular weight excluding hydrogens is 442 g/mol. The second kappa shape index (κ2) is 11.3. The lowest BCUT2D eigenvalue weighted by molar-refractivity contribution is -0.122. The SMILES string of the molecule is C=N/C=C(\OCNc1ccc(-c2ccc(C3=C4CC(CC)(C4)OC3)cc2)nc1)C(C)(C)C.O=CO. The summed E-state index contributed by atoms with van der Waals surface area (Å²) in [5.41, 5.74) is 7.16. The van der Waals surface area contributed by atoms with Crippen LogP contribution in [0.2, 0.25) is 0 Å². The van der Waals surface area contributed by atoms with Crippen LogP contribution >= 0.6 is 0 Å². The Morgan fingerprint density at radius 3 is 2.37 bits per heavy atom. The molecular formula is C28H35N3O4. The topological polar surface area (TPSA) is 93.0 Å². The molecule has 5 rings (SSSR count). The van der Waals surface area contributed by atoms with Crippen LogP contribution in [0.5, 0.6) is 0 Å². The van der Waals surface area contributed by atoms with Crippen LogP contribution in [-0.4, -0.2) is 42.2 Å². The Labute approximate surface area is 207 Å². The summed E-state index contributed by atoms with van der Waals surface area (Å²) >= 11 is 0. The molecule has 0 saturated heterocycles. The molecule has 3 heterocycles. The van der Waals surface area contributed by atoms with Crippen LogP contribution in [0.1, 0.15) is 52.5 Å². The third kappa shape index (κ3) is 6.36. The predicted molar refractivity (Wildman–Crippen MR) is 140 cm³/mol. The molecule has 1 aliphatic carbocycles. The van der Waals surface area contributed by atoms with Crippen molar-refractivity contribution in [3.63, 3.8) is 0 Å². The van der Waals surface area contributed by atoms with E-state index in [1.54, 1.807) is 11.8 Å². The standard InChI is InChI=1S/C27H33N3O2.CH2O2/c1-6-27-13-21(14-27)23(17-32-27)19-7-9-20(10-8-19)24-12-11-22(15-29-24)30-18-31-25(16-28-5)26(2,3)4;2-1-3/h7-12,15-16,30H,5-6,13-14,17-18H2,1-4H3;1H,(H,2,3)/b25-16-;. The van der Waals surface area contributed by atoms with Gasteiger partial charge in [-0.25, -0.2) is 0 Å². The molecule has 35 heavy (non-hydrogen) atoms. The van der Waals surface area contributed by atoms with Gasteiger partial charge in [-0.05, 0) is 49.2 Å². The number of anilines is 1. The minimum absolute atomic E-state index is 0.130. The zero-order valence-corrected chi connectivity index (χ0v) is 21.0. The van der Waals surface area contributed by atoms with Crippen LogP contribution < -0.4 is 5.32 Å². The lowest BCUT2D eigenvalue weighted by Crippen LogP contribution is -2.45. The van der Waals surface area contributed by atoms with E-state index in [-0.39, 0.29) is 17.5 Å². The number of benzene rings is 1. The van der Waals surface area contributed by atoms with E-state index in [4.69, 9.17) is 19.4 Å². The Bertz CT molecular complexity index is 1070. The molecule has 0 unspecified atom stereocenters. The summed E-state index contributed by atoms with van der Waals surface area (Å²) in [5.74, 6) is 0.784. The number of ether oxygens (including phenoxy) is 2. The maximum Gasteiger partial charge on any atom is 0.290 e. The van der Waals surface area contributed by atoms with E-state index >= 15 is 0 Å². The number of aromatic nitrogens is 1. The lowest BCUT2D eigenvalue weighted by Gasteiger charge is -2.49. The maximum atomic E-state index is 8.36. The highest BCUT2D eigenvalue weighted by Crippen LogP contribution is 2.50. The van der Waals surface area contributed by atoms with Crippen molar-refractivity contribution in [2.24, 2.45) is 10.4 Å². The van der Waals surface area contributed by atoms with Gasteiger partial charge in [-0.1, -0.05) is 57.5 Å². The fourth-order valence-electron chi connectivity index (χ4n) is 4.25. The third-order valence-corrected chi connectivity index (χ3v) is 6.41. The van der Waals surface area contributed by atoms with Gasteiger partial charge in [-0.15, -0.1) is 0 Å². The molecule has 0 spiro atoms. The Kier molecular flexibility index (Phi) is 8.46. The second-order valence-corrected chi connectivity index (χ2v) is 9.77. The van der Waals surface area contributed by atoms with E-state index in [0.717, 1.165) is 48.6 Å². The monoisotopic (exact) mass is 477 g/mol. The van der Waals surface area contributed by atoms with Crippen LogP contribution in [0.4, 0.5) is 5.69 Å². The molecule has 1 saturated carbocycles. The van der Waals surface area contributed by atoms with Gasteiger partial charge in [0.1, 0.15) is 5.76 Å². The number of carbonyl (C=O) groups is 1. The number of hydrogen-bond donors (Lipinski definition) is 2. The van der Waals surface area contributed by atoms with Crippen molar-refractivity contribution >= 4 is 24.5 Å². The highest BCUT2D eigenvalue weighted by atomic mass is 16.5. The summed E-state index contributed by atoms with van der Waals surface area (Å²) in [4.78, 5) is 16.8. The van der Waals surface area contributed by atoms with E-state index in [9.17, 15) is 0 Å². The number of pyridine rings is 1. The highest BCUT2D eigenvalue weighted by molar-refractivity contribution is 5.74. The smallest absolute Gasteiger partial charge is 0.290 e. The first-order chi connectivity index (χ1) is 16.7. The number of nitrogens with one attached hydrogen (secondary N) is 1. The van der Waals surface area contributed by atoms with Gasteiger partial charge < -0.3 is 19.9 Å². The predicted octanol–water partition coefficient (Wildman–Crippen LogP) is 6.15. The number of carboxylic acid groups (broad SMARTS) is 1. The van der Waals surface area contributed by atoms with E-state index < -0.39 is 0 Å². The van der Waals surface area contributed by atoms with E-state index in [1.807, 2.05) is 18.3 Å². The quantitative estimate of drug-likeness (QED) is 0.205. The number of hydrogen-bond acceptors (Lipinski definition) is 6. The minimum Gasteiger partial charge on any atom is -0.483 e. The van der Waals surface area contributed by atoms with Crippen LogP contribution in [0.25, 0.3) is 16.8 Å². The van der Waals surface area contributed by atoms with E-state index in [0.29, 0.717) is 6.73 Å². The van der Waals surface area contributed by atoms with Gasteiger partial charge in [-0.3, -0.25) is 14.8 Å². The molecule has 186 valence electrons. The molecule has 1 aromatic carbocycles. The average Bonchev–Trinajstić information content (AvgIpc) is 2.83. The average molecular weight is 478 g/mol. The summed E-state index contributed by atoms with van der Waals surface area (Å²) in [6, 6.07) is 12.7. The van der Waals surface area contributed by atoms with Crippen molar-refractivity contribution in [3.8, 4) is 11.3 Å². The number of allylic oxidation sites excluding steroid dienone is 1. The summed E-state index contributed by atoms with van der Waals surface area (Å²) < 4.78 is 12.0. The lowest BCUT2D eigenvalue weighted by atomic mass is 9.69. The summed E-state index contributed by atoms with van der Waals surface area (Å²) in [6.45, 7) is 12.8. The molecule has 2 aliphatic heterocycles. The fraction of sp³-hybridized carbons (Fsp3) is 0.393. The molecule has 1 fully saturated rings. The van der Waals surface area contributed by atoms with Crippen LogP contribution in [0.15, 0.2) is 65.1 Å². The zero-order chi connectivity index (χ0) is 25.5. The van der Waals surface area contributed by atoms with Crippen molar-refractivity contribution in [1.82, 2.24) is 4.98 Å². The summed E-state index contributed by atoms with van der Waals surface area (Å²) in [7, 11) is 0. The molecule has 0 radical (unpaired) electrons. The van der Waals surface area contributed by atoms with Gasteiger partial charge in [0.25, 0.3) is 6.47 Å². The van der Waals surface area contributed by atoms with Crippen LogP contribution in [-0.2, 0) is 14.3 Å². The van der Waals surface area contributed by atoms with Crippen molar-refractivity contribution in [2.45, 2.75) is 52.6 Å². The van der Waals surface area contributed by atoms with E-state index in [2.05, 4.69) is 74.0 Å². The Hall–Kier alpha value is -3.45. The van der Waals surface area contributed by atoms with Gasteiger partial charge in [0.05, 0.1) is 36.0 Å². The van der Waals surface area contributed by atoms with Crippen molar-refractivity contribution < 1.29 is 19.4 Å². The largest absolute Gasteiger partial charge is 0.483 e. The van der Waals surface area contributed by atoms with Gasteiger partial charge >= 0.3 is 0 Å².